The summed E-state index contributed by atoms with van der Waals surface area (Å²) in [5.74, 6) is -1.14. The molecule has 0 saturated heterocycles. The van der Waals surface area contributed by atoms with E-state index in [4.69, 9.17) is 4.52 Å². The van der Waals surface area contributed by atoms with Gasteiger partial charge in [-0.1, -0.05) is 5.16 Å². The number of carbonyl (C=O) groups is 1. The van der Waals surface area contributed by atoms with Gasteiger partial charge in [-0.05, 0) is 25.1 Å². The second kappa shape index (κ2) is 4.95. The van der Waals surface area contributed by atoms with Crippen LogP contribution in [0.3, 0.4) is 0 Å². The van der Waals surface area contributed by atoms with Gasteiger partial charge in [-0.3, -0.25) is 4.79 Å². The fraction of sp³-hybridized carbons (Fsp3) is 0.167. The predicted molar refractivity (Wildman–Crippen MR) is 58.8 cm³/mol. The molecule has 0 saturated carbocycles. The highest BCUT2D eigenvalue weighted by Gasteiger charge is 2.11. The summed E-state index contributed by atoms with van der Waals surface area (Å²) in [6.45, 7) is 1.53. The molecule has 2 aromatic rings. The summed E-state index contributed by atoms with van der Waals surface area (Å²) in [4.78, 5) is 11.6. The monoisotopic (exact) mass is 252 g/mol. The Labute approximate surface area is 102 Å². The van der Waals surface area contributed by atoms with Crippen LogP contribution >= 0.6 is 0 Å². The molecule has 0 atom stereocenters. The molecule has 0 aliphatic rings. The third kappa shape index (κ3) is 2.71. The van der Waals surface area contributed by atoms with Crippen LogP contribution in [0.15, 0.2) is 28.8 Å². The van der Waals surface area contributed by atoms with Crippen LogP contribution in [0.2, 0.25) is 0 Å². The Morgan fingerprint density at radius 1 is 1.39 bits per heavy atom. The summed E-state index contributed by atoms with van der Waals surface area (Å²) in [7, 11) is 0. The van der Waals surface area contributed by atoms with E-state index in [2.05, 4.69) is 10.5 Å². The van der Waals surface area contributed by atoms with Crippen molar-refractivity contribution in [1.29, 1.82) is 0 Å². The average Bonchev–Trinajstić information content (AvgIpc) is 2.77. The van der Waals surface area contributed by atoms with E-state index >= 15 is 0 Å². The van der Waals surface area contributed by atoms with Crippen LogP contribution in [0.1, 0.15) is 21.8 Å². The third-order valence-corrected chi connectivity index (χ3v) is 2.31. The molecule has 0 unspecified atom stereocenters. The van der Waals surface area contributed by atoms with E-state index in [1.165, 1.54) is 6.07 Å². The highest BCUT2D eigenvalue weighted by molar-refractivity contribution is 5.92. The van der Waals surface area contributed by atoms with Gasteiger partial charge in [0.15, 0.2) is 5.69 Å². The lowest BCUT2D eigenvalue weighted by Gasteiger charge is -2.04. The third-order valence-electron chi connectivity index (χ3n) is 2.31. The maximum absolute atomic E-state index is 13.3. The Morgan fingerprint density at radius 3 is 2.83 bits per heavy atom. The van der Waals surface area contributed by atoms with E-state index in [9.17, 15) is 13.6 Å². The van der Waals surface area contributed by atoms with Crippen molar-refractivity contribution in [1.82, 2.24) is 10.5 Å². The summed E-state index contributed by atoms with van der Waals surface area (Å²) >= 11 is 0. The van der Waals surface area contributed by atoms with E-state index in [1.807, 2.05) is 0 Å². The van der Waals surface area contributed by atoms with Gasteiger partial charge in [0.05, 0.1) is 0 Å². The van der Waals surface area contributed by atoms with E-state index in [1.54, 1.807) is 6.92 Å². The number of carbonyl (C=O) groups excluding carboxylic acids is 1. The summed E-state index contributed by atoms with van der Waals surface area (Å²) in [5, 5.41) is 5.94. The predicted octanol–water partition coefficient (Wildman–Crippen LogP) is 2.19. The summed E-state index contributed by atoms with van der Waals surface area (Å²) in [6.07, 6.45) is 0. The molecular weight excluding hydrogens is 242 g/mol. The summed E-state index contributed by atoms with van der Waals surface area (Å²) < 4.78 is 30.9. The SMILES string of the molecule is Cc1cc(C(=O)NCc2cc(F)ccc2F)no1. The van der Waals surface area contributed by atoms with Crippen molar-refractivity contribution in [3.63, 3.8) is 0 Å². The van der Waals surface area contributed by atoms with Gasteiger partial charge in [0, 0.05) is 18.2 Å². The van der Waals surface area contributed by atoms with Crippen LogP contribution in [-0.4, -0.2) is 11.1 Å². The molecule has 1 heterocycles. The molecule has 0 radical (unpaired) electrons. The molecule has 6 heteroatoms. The summed E-state index contributed by atoms with van der Waals surface area (Å²) in [5.41, 5.74) is 0.174. The molecular formula is C12H10F2N2O2. The molecule has 1 aromatic heterocycles. The number of amides is 1. The number of hydrogen-bond donors (Lipinski definition) is 1. The van der Waals surface area contributed by atoms with Gasteiger partial charge in [-0.25, -0.2) is 8.78 Å². The quantitative estimate of drug-likeness (QED) is 0.911. The van der Waals surface area contributed by atoms with Gasteiger partial charge in [-0.2, -0.15) is 0 Å². The Kier molecular flexibility index (Phi) is 3.36. The van der Waals surface area contributed by atoms with Crippen molar-refractivity contribution < 1.29 is 18.1 Å². The van der Waals surface area contributed by atoms with Gasteiger partial charge < -0.3 is 9.84 Å². The lowest BCUT2D eigenvalue weighted by Crippen LogP contribution is -2.23. The largest absolute Gasteiger partial charge is 0.361 e. The molecule has 1 aromatic carbocycles. The van der Waals surface area contributed by atoms with Gasteiger partial charge in [0.2, 0.25) is 0 Å². The standard InChI is InChI=1S/C12H10F2N2O2/c1-7-4-11(16-18-7)12(17)15-6-8-5-9(13)2-3-10(8)14/h2-5H,6H2,1H3,(H,15,17). The average molecular weight is 252 g/mol. The second-order valence-corrected chi connectivity index (χ2v) is 3.74. The van der Waals surface area contributed by atoms with E-state index in [-0.39, 0.29) is 17.8 Å². The fourth-order valence-electron chi connectivity index (χ4n) is 1.42. The first-order chi connectivity index (χ1) is 8.56. The van der Waals surface area contributed by atoms with Crippen LogP contribution in [0.25, 0.3) is 0 Å². The maximum atomic E-state index is 13.3. The maximum Gasteiger partial charge on any atom is 0.273 e. The van der Waals surface area contributed by atoms with Crippen molar-refractivity contribution in [2.75, 3.05) is 0 Å². The molecule has 0 aliphatic heterocycles. The fourth-order valence-corrected chi connectivity index (χ4v) is 1.42. The molecule has 0 fully saturated rings. The molecule has 1 amide bonds. The van der Waals surface area contributed by atoms with E-state index in [0.29, 0.717) is 5.76 Å². The molecule has 0 bridgehead atoms. The van der Waals surface area contributed by atoms with Gasteiger partial charge in [0.25, 0.3) is 5.91 Å². The first kappa shape index (κ1) is 12.2. The van der Waals surface area contributed by atoms with Crippen molar-refractivity contribution in [3.8, 4) is 0 Å². The minimum absolute atomic E-state index is 0.0727. The van der Waals surface area contributed by atoms with Crippen LogP contribution in [-0.2, 0) is 6.54 Å². The second-order valence-electron chi connectivity index (χ2n) is 3.74. The molecule has 4 nitrogen and oxygen atoms in total. The molecule has 1 N–H and O–H groups in total. The van der Waals surface area contributed by atoms with Crippen LogP contribution < -0.4 is 5.32 Å². The van der Waals surface area contributed by atoms with Crippen LogP contribution in [0, 0.1) is 18.6 Å². The van der Waals surface area contributed by atoms with Gasteiger partial charge >= 0.3 is 0 Å². The number of nitrogens with zero attached hydrogens (tertiary/aromatic N) is 1. The zero-order chi connectivity index (χ0) is 13.1. The minimum atomic E-state index is -0.576. The van der Waals surface area contributed by atoms with Gasteiger partial charge in [0.1, 0.15) is 17.4 Å². The minimum Gasteiger partial charge on any atom is -0.361 e. The van der Waals surface area contributed by atoms with Crippen molar-refractivity contribution >= 4 is 5.91 Å². The first-order valence-electron chi connectivity index (χ1n) is 5.21. The van der Waals surface area contributed by atoms with Crippen molar-refractivity contribution in [3.05, 3.63) is 52.9 Å². The number of hydrogen-bond acceptors (Lipinski definition) is 3. The van der Waals surface area contributed by atoms with Crippen molar-refractivity contribution in [2.45, 2.75) is 13.5 Å². The lowest BCUT2D eigenvalue weighted by atomic mass is 10.2. The Morgan fingerprint density at radius 2 is 2.17 bits per heavy atom. The zero-order valence-corrected chi connectivity index (χ0v) is 9.54. The number of aryl methyl sites for hydroxylation is 1. The molecule has 0 aliphatic carbocycles. The van der Waals surface area contributed by atoms with E-state index < -0.39 is 17.5 Å². The normalized spacial score (nSPS) is 10.4. The lowest BCUT2D eigenvalue weighted by molar-refractivity contribution is 0.0941. The Bertz CT molecular complexity index is 581. The first-order valence-corrected chi connectivity index (χ1v) is 5.21. The molecule has 18 heavy (non-hydrogen) atoms. The topological polar surface area (TPSA) is 55.1 Å². The highest BCUT2D eigenvalue weighted by atomic mass is 19.1. The number of nitrogens with one attached hydrogen (secondary N) is 1. The zero-order valence-electron chi connectivity index (χ0n) is 9.54. The van der Waals surface area contributed by atoms with Crippen LogP contribution in [0.4, 0.5) is 8.78 Å². The number of halogens is 2. The van der Waals surface area contributed by atoms with E-state index in [0.717, 1.165) is 18.2 Å². The smallest absolute Gasteiger partial charge is 0.273 e. The molecule has 0 spiro atoms. The van der Waals surface area contributed by atoms with Crippen LogP contribution in [0.5, 0.6) is 0 Å². The number of rotatable bonds is 3. The molecule has 2 rings (SSSR count). The Balaban J connectivity index is 2.03. The number of benzene rings is 1. The van der Waals surface area contributed by atoms with Crippen molar-refractivity contribution in [2.24, 2.45) is 0 Å². The molecule has 94 valence electrons. The summed E-state index contributed by atoms with van der Waals surface area (Å²) in [6, 6.07) is 4.51. The Hall–Kier alpha value is -2.24. The van der Waals surface area contributed by atoms with Gasteiger partial charge in [-0.15, -0.1) is 0 Å². The highest BCUT2D eigenvalue weighted by Crippen LogP contribution is 2.09. The number of aromatic nitrogens is 1.